The normalized spacial score (nSPS) is 12.6. The molecule has 0 aromatic rings. The van der Waals surface area contributed by atoms with E-state index in [9.17, 15) is 26.4 Å². The molecule has 84 valence electrons. The predicted molar refractivity (Wildman–Crippen MR) is 39.6 cm³/mol. The Morgan fingerprint density at radius 1 is 1.43 bits per heavy atom. The van der Waals surface area contributed by atoms with Crippen molar-refractivity contribution in [2.75, 3.05) is 13.7 Å². The van der Waals surface area contributed by atoms with Crippen LogP contribution in [-0.2, 0) is 19.6 Å². The monoisotopic (exact) mass is 235 g/mol. The molecule has 0 saturated heterocycles. The SMILES string of the molecule is COC(=O)CCNS(=O)(=O)C(F)(F)F. The third kappa shape index (κ3) is 3.92. The molecule has 0 aliphatic carbocycles. The average molecular weight is 235 g/mol. The molecule has 0 unspecified atom stereocenters. The van der Waals surface area contributed by atoms with E-state index in [0.717, 1.165) is 7.11 Å². The number of rotatable bonds is 4. The number of ether oxygens (including phenoxy) is 1. The Morgan fingerprint density at radius 3 is 2.29 bits per heavy atom. The van der Waals surface area contributed by atoms with E-state index >= 15 is 0 Å². The summed E-state index contributed by atoms with van der Waals surface area (Å²) >= 11 is 0. The molecule has 0 amide bonds. The molecule has 0 bridgehead atoms. The van der Waals surface area contributed by atoms with Gasteiger partial charge in [-0.15, -0.1) is 0 Å². The fourth-order valence-electron chi connectivity index (χ4n) is 0.471. The molecule has 0 radical (unpaired) electrons. The molecular formula is C5H8F3NO4S. The first-order valence-corrected chi connectivity index (χ1v) is 4.82. The van der Waals surface area contributed by atoms with Crippen molar-refractivity contribution in [2.45, 2.75) is 11.9 Å². The first-order chi connectivity index (χ1) is 6.20. The van der Waals surface area contributed by atoms with Gasteiger partial charge in [0.1, 0.15) is 0 Å². The van der Waals surface area contributed by atoms with Crippen molar-refractivity contribution >= 4 is 16.0 Å². The lowest BCUT2D eigenvalue weighted by Crippen LogP contribution is -2.37. The number of carbonyl (C=O) groups excluding carboxylic acids is 1. The Balaban J connectivity index is 4.10. The standard InChI is InChI=1S/C5H8F3NO4S/c1-13-4(10)2-3-9-14(11,12)5(6,7)8/h9H,2-3H2,1H3. The third-order valence-corrected chi connectivity index (χ3v) is 2.35. The minimum atomic E-state index is -5.36. The molecule has 0 aliphatic heterocycles. The van der Waals surface area contributed by atoms with Crippen molar-refractivity contribution in [3.8, 4) is 0 Å². The molecule has 0 aromatic carbocycles. The second kappa shape index (κ2) is 4.60. The Bertz CT molecular complexity index is 297. The van der Waals surface area contributed by atoms with Gasteiger partial charge in [-0.1, -0.05) is 0 Å². The summed E-state index contributed by atoms with van der Waals surface area (Å²) in [6, 6.07) is 0. The van der Waals surface area contributed by atoms with Crippen LogP contribution < -0.4 is 4.72 Å². The fraction of sp³-hybridized carbons (Fsp3) is 0.800. The Hall–Kier alpha value is -0.830. The fourth-order valence-corrected chi connectivity index (χ4v) is 1.01. The maximum Gasteiger partial charge on any atom is 0.511 e. The molecule has 0 heterocycles. The van der Waals surface area contributed by atoms with E-state index in [1.165, 1.54) is 4.72 Å². The number of sulfonamides is 1. The second-order valence-corrected chi connectivity index (χ2v) is 3.93. The molecule has 5 nitrogen and oxygen atoms in total. The topological polar surface area (TPSA) is 72.5 Å². The van der Waals surface area contributed by atoms with Crippen LogP contribution in [0.25, 0.3) is 0 Å². The summed E-state index contributed by atoms with van der Waals surface area (Å²) in [4.78, 5) is 10.4. The number of alkyl halides is 3. The van der Waals surface area contributed by atoms with E-state index in [4.69, 9.17) is 0 Å². The Labute approximate surface area is 78.3 Å². The highest BCUT2D eigenvalue weighted by atomic mass is 32.2. The van der Waals surface area contributed by atoms with Crippen LogP contribution in [0.2, 0.25) is 0 Å². The van der Waals surface area contributed by atoms with Gasteiger partial charge in [0.25, 0.3) is 0 Å². The van der Waals surface area contributed by atoms with E-state index in [2.05, 4.69) is 4.74 Å². The molecule has 14 heavy (non-hydrogen) atoms. The van der Waals surface area contributed by atoms with Gasteiger partial charge in [0.15, 0.2) is 0 Å². The maximum absolute atomic E-state index is 11.7. The van der Waals surface area contributed by atoms with Crippen LogP contribution in [0.5, 0.6) is 0 Å². The summed E-state index contributed by atoms with van der Waals surface area (Å²) < 4.78 is 61.0. The van der Waals surface area contributed by atoms with Crippen LogP contribution in [0.4, 0.5) is 13.2 Å². The van der Waals surface area contributed by atoms with Crippen LogP contribution in [0, 0.1) is 0 Å². The predicted octanol–water partition coefficient (Wildman–Crippen LogP) is -0.0113. The summed E-state index contributed by atoms with van der Waals surface area (Å²) in [5, 5.41) is 0. The molecule has 1 N–H and O–H groups in total. The number of methoxy groups -OCH3 is 1. The van der Waals surface area contributed by atoms with Crippen LogP contribution in [0.1, 0.15) is 6.42 Å². The number of hydrogen-bond acceptors (Lipinski definition) is 4. The van der Waals surface area contributed by atoms with Crippen LogP contribution in [0.3, 0.4) is 0 Å². The molecule has 0 spiro atoms. The quantitative estimate of drug-likeness (QED) is 0.695. The minimum absolute atomic E-state index is 0.453. The zero-order valence-corrected chi connectivity index (χ0v) is 7.91. The molecule has 0 saturated carbocycles. The third-order valence-electron chi connectivity index (χ3n) is 1.15. The smallest absolute Gasteiger partial charge is 0.469 e. The maximum atomic E-state index is 11.7. The van der Waals surface area contributed by atoms with E-state index < -0.39 is 34.5 Å². The molecule has 0 fully saturated rings. The zero-order chi connectivity index (χ0) is 11.4. The number of nitrogens with one attached hydrogen (secondary N) is 1. The highest BCUT2D eigenvalue weighted by Crippen LogP contribution is 2.21. The van der Waals surface area contributed by atoms with Crippen LogP contribution >= 0.6 is 0 Å². The van der Waals surface area contributed by atoms with Gasteiger partial charge >= 0.3 is 21.5 Å². The number of halogens is 3. The van der Waals surface area contributed by atoms with Crippen molar-refractivity contribution in [3.63, 3.8) is 0 Å². The van der Waals surface area contributed by atoms with Gasteiger partial charge in [0.05, 0.1) is 13.5 Å². The number of hydrogen-bond donors (Lipinski definition) is 1. The highest BCUT2D eigenvalue weighted by Gasteiger charge is 2.45. The van der Waals surface area contributed by atoms with Gasteiger partial charge in [0, 0.05) is 6.54 Å². The summed E-state index contributed by atoms with van der Waals surface area (Å²) in [5.74, 6) is -0.796. The zero-order valence-electron chi connectivity index (χ0n) is 7.09. The lowest BCUT2D eigenvalue weighted by atomic mass is 10.4. The lowest BCUT2D eigenvalue weighted by molar-refractivity contribution is -0.140. The largest absolute Gasteiger partial charge is 0.511 e. The van der Waals surface area contributed by atoms with Gasteiger partial charge < -0.3 is 4.74 Å². The van der Waals surface area contributed by atoms with Gasteiger partial charge in [-0.25, -0.2) is 13.1 Å². The minimum Gasteiger partial charge on any atom is -0.469 e. The number of carbonyl (C=O) groups is 1. The van der Waals surface area contributed by atoms with Gasteiger partial charge in [-0.3, -0.25) is 4.79 Å². The van der Waals surface area contributed by atoms with E-state index in [0.29, 0.717) is 0 Å². The summed E-state index contributed by atoms with van der Waals surface area (Å²) in [5.41, 5.74) is -5.36. The summed E-state index contributed by atoms with van der Waals surface area (Å²) in [6.45, 7) is -0.644. The molecular weight excluding hydrogens is 227 g/mol. The van der Waals surface area contributed by atoms with Crippen molar-refractivity contribution < 1.29 is 31.1 Å². The van der Waals surface area contributed by atoms with E-state index in [1.54, 1.807) is 0 Å². The van der Waals surface area contributed by atoms with Crippen molar-refractivity contribution in [2.24, 2.45) is 0 Å². The Morgan fingerprint density at radius 2 is 1.93 bits per heavy atom. The van der Waals surface area contributed by atoms with Gasteiger partial charge in [-0.05, 0) is 0 Å². The molecule has 0 rings (SSSR count). The van der Waals surface area contributed by atoms with Crippen molar-refractivity contribution in [3.05, 3.63) is 0 Å². The van der Waals surface area contributed by atoms with Crippen LogP contribution in [-0.4, -0.2) is 33.5 Å². The van der Waals surface area contributed by atoms with E-state index in [-0.39, 0.29) is 0 Å². The average Bonchev–Trinajstić information content (AvgIpc) is 2.01. The van der Waals surface area contributed by atoms with Gasteiger partial charge in [0.2, 0.25) is 0 Å². The van der Waals surface area contributed by atoms with Gasteiger partial charge in [-0.2, -0.15) is 13.2 Å². The first-order valence-electron chi connectivity index (χ1n) is 3.33. The second-order valence-electron chi connectivity index (χ2n) is 2.17. The lowest BCUT2D eigenvalue weighted by Gasteiger charge is -2.08. The van der Waals surface area contributed by atoms with Crippen molar-refractivity contribution in [1.82, 2.24) is 4.72 Å². The van der Waals surface area contributed by atoms with Crippen molar-refractivity contribution in [1.29, 1.82) is 0 Å². The molecule has 0 aromatic heterocycles. The van der Waals surface area contributed by atoms with Crippen LogP contribution in [0.15, 0.2) is 0 Å². The summed E-state index contributed by atoms with van der Waals surface area (Å²) in [7, 11) is -4.32. The first kappa shape index (κ1) is 13.2. The van der Waals surface area contributed by atoms with E-state index in [1.807, 2.05) is 0 Å². The molecule has 0 aliphatic rings. The Kier molecular flexibility index (Phi) is 4.33. The molecule has 0 atom stereocenters. The highest BCUT2D eigenvalue weighted by molar-refractivity contribution is 7.90. The molecule has 9 heteroatoms. The summed E-state index contributed by atoms with van der Waals surface area (Å²) in [6.07, 6.45) is -0.453. The number of esters is 1.